The second-order valence-electron chi connectivity index (χ2n) is 10.5. The summed E-state index contributed by atoms with van der Waals surface area (Å²) in [4.78, 5) is 23.8. The monoisotopic (exact) mass is 626 g/mol. The zero-order valence-corrected chi connectivity index (χ0v) is 26.3. The lowest BCUT2D eigenvalue weighted by Gasteiger charge is -2.23. The van der Waals surface area contributed by atoms with Crippen molar-refractivity contribution >= 4 is 43.6 Å². The van der Waals surface area contributed by atoms with Crippen LogP contribution < -0.4 is 9.47 Å². The minimum Gasteiger partial charge on any atom is -0.488 e. The Morgan fingerprint density at radius 2 is 1.20 bits per heavy atom. The number of esters is 2. The van der Waals surface area contributed by atoms with E-state index in [1.54, 1.807) is 6.07 Å². The number of hydrogen-bond donors (Lipinski definition) is 1. The van der Waals surface area contributed by atoms with Crippen LogP contribution in [0.15, 0.2) is 72.7 Å². The van der Waals surface area contributed by atoms with Crippen molar-refractivity contribution in [2.75, 3.05) is 13.2 Å². The van der Waals surface area contributed by atoms with E-state index < -0.39 is 34.3 Å². The van der Waals surface area contributed by atoms with Crippen molar-refractivity contribution in [2.24, 2.45) is 0 Å². The van der Waals surface area contributed by atoms with Gasteiger partial charge in [-0.25, -0.2) is 9.59 Å². The lowest BCUT2D eigenvalue weighted by atomic mass is 10.0. The summed E-state index contributed by atoms with van der Waals surface area (Å²) in [5, 5.41) is 2.21. The molecule has 0 aliphatic heterocycles. The Kier molecular flexibility index (Phi) is 13.2. The average molecular weight is 627 g/mol. The van der Waals surface area contributed by atoms with Crippen LogP contribution >= 0.6 is 0 Å². The van der Waals surface area contributed by atoms with Crippen LogP contribution in [0.4, 0.5) is 0 Å². The Hall–Kier alpha value is -3.89. The fraction of sp³-hybridized carbons (Fsp3) is 0.412. The van der Waals surface area contributed by atoms with E-state index >= 15 is 0 Å². The third-order valence-corrected chi connectivity index (χ3v) is 8.03. The number of hydrogen-bond acceptors (Lipinski definition) is 8. The van der Waals surface area contributed by atoms with Gasteiger partial charge in [0.05, 0.1) is 4.90 Å². The molecule has 0 radical (unpaired) electrons. The van der Waals surface area contributed by atoms with Gasteiger partial charge in [-0.15, -0.1) is 0 Å². The highest BCUT2D eigenvalue weighted by Gasteiger charge is 2.23. The highest BCUT2D eigenvalue weighted by molar-refractivity contribution is 7.85. The normalized spacial score (nSPS) is 12.8. The van der Waals surface area contributed by atoms with E-state index in [4.69, 9.17) is 18.9 Å². The molecule has 1 N–H and O–H groups in total. The molecule has 9 nitrogen and oxygen atoms in total. The van der Waals surface area contributed by atoms with Gasteiger partial charge in [-0.3, -0.25) is 4.55 Å². The van der Waals surface area contributed by atoms with Gasteiger partial charge in [0.1, 0.15) is 36.9 Å². The molecule has 0 aliphatic rings. The zero-order chi connectivity index (χ0) is 32.1. The third kappa shape index (κ3) is 9.56. The first kappa shape index (κ1) is 34.6. The van der Waals surface area contributed by atoms with Gasteiger partial charge in [0.2, 0.25) is 0 Å². The van der Waals surface area contributed by atoms with Crippen LogP contribution in [-0.2, 0) is 29.2 Å². The smallest absolute Gasteiger partial charge is 0.330 e. The Balaban J connectivity index is 2.10. The van der Waals surface area contributed by atoms with Gasteiger partial charge < -0.3 is 18.9 Å². The molecule has 0 bridgehead atoms. The van der Waals surface area contributed by atoms with E-state index in [1.807, 2.05) is 24.3 Å². The van der Waals surface area contributed by atoms with Gasteiger partial charge in [-0.1, -0.05) is 77.0 Å². The molecular weight excluding hydrogens is 584 g/mol. The van der Waals surface area contributed by atoms with Crippen LogP contribution in [0.3, 0.4) is 0 Å². The van der Waals surface area contributed by atoms with E-state index in [0.29, 0.717) is 45.9 Å². The van der Waals surface area contributed by atoms with Gasteiger partial charge in [0.15, 0.2) is 0 Å². The minimum atomic E-state index is -4.54. The number of benzene rings is 3. The van der Waals surface area contributed by atoms with Crippen LogP contribution in [0.25, 0.3) is 21.5 Å². The predicted molar refractivity (Wildman–Crippen MR) is 171 cm³/mol. The predicted octanol–water partition coefficient (Wildman–Crippen LogP) is 7.35. The maximum atomic E-state index is 12.1. The van der Waals surface area contributed by atoms with Gasteiger partial charge >= 0.3 is 11.9 Å². The summed E-state index contributed by atoms with van der Waals surface area (Å²) >= 11 is 0. The Labute approximate surface area is 259 Å². The van der Waals surface area contributed by atoms with Gasteiger partial charge in [-0.2, -0.15) is 8.42 Å². The van der Waals surface area contributed by atoms with Crippen LogP contribution in [0.5, 0.6) is 11.5 Å². The molecule has 0 heterocycles. The summed E-state index contributed by atoms with van der Waals surface area (Å²) in [6.45, 7) is 11.2. The highest BCUT2D eigenvalue weighted by atomic mass is 32.2. The molecule has 0 saturated carbocycles. The number of unbranched alkanes of at least 4 members (excludes halogenated alkanes) is 4. The summed E-state index contributed by atoms with van der Waals surface area (Å²) in [5.41, 5.74) is 0. The van der Waals surface area contributed by atoms with Gasteiger partial charge in [0, 0.05) is 33.7 Å². The van der Waals surface area contributed by atoms with E-state index in [2.05, 4.69) is 27.0 Å². The first-order chi connectivity index (χ1) is 21.1. The molecule has 2 atom stereocenters. The van der Waals surface area contributed by atoms with E-state index in [9.17, 15) is 22.6 Å². The number of carbonyl (C=O) groups excluding carboxylic acids is 2. The van der Waals surface area contributed by atoms with Crippen LogP contribution in [-0.4, -0.2) is 50.3 Å². The second kappa shape index (κ2) is 16.8. The molecule has 3 aromatic carbocycles. The van der Waals surface area contributed by atoms with Gasteiger partial charge in [0.25, 0.3) is 10.1 Å². The van der Waals surface area contributed by atoms with Crippen molar-refractivity contribution in [3.05, 3.63) is 67.8 Å². The largest absolute Gasteiger partial charge is 0.488 e. The van der Waals surface area contributed by atoms with Crippen molar-refractivity contribution in [3.63, 3.8) is 0 Å². The summed E-state index contributed by atoms with van der Waals surface area (Å²) in [6.07, 6.45) is 7.88. The second-order valence-corrected chi connectivity index (χ2v) is 11.9. The minimum absolute atomic E-state index is 0.00963. The standard InChI is InChI=1S/C34H42O9S/c1-5-9-11-15-24(42-31(35)7-3)22-40-33-27-17-13-14-18-28(27)34(30-21-26(44(37,38)39)19-20-29(30)33)41-23-25(16-12-10-6-2)43-32(36)8-4/h7-8,13-14,17-21,24-25H,3-6,9-12,15-16,22-23H2,1-2H3,(H,37,38,39). The van der Waals surface area contributed by atoms with Crippen molar-refractivity contribution < 1.29 is 41.5 Å². The van der Waals surface area contributed by atoms with Crippen molar-refractivity contribution in [2.45, 2.75) is 82.3 Å². The maximum Gasteiger partial charge on any atom is 0.330 e. The van der Waals surface area contributed by atoms with Crippen molar-refractivity contribution in [1.29, 1.82) is 0 Å². The number of ether oxygens (including phenoxy) is 4. The molecule has 10 heteroatoms. The molecule has 0 aliphatic carbocycles. The molecular formula is C34H42O9S. The molecule has 0 fully saturated rings. The Morgan fingerprint density at radius 1 is 0.750 bits per heavy atom. The summed E-state index contributed by atoms with van der Waals surface area (Å²) in [7, 11) is -4.54. The van der Waals surface area contributed by atoms with E-state index in [0.717, 1.165) is 50.7 Å². The van der Waals surface area contributed by atoms with Crippen LogP contribution in [0.2, 0.25) is 0 Å². The van der Waals surface area contributed by atoms with Crippen molar-refractivity contribution in [3.8, 4) is 11.5 Å². The number of carbonyl (C=O) groups is 2. The summed E-state index contributed by atoms with van der Waals surface area (Å²) in [5.74, 6) is -0.316. The lowest BCUT2D eigenvalue weighted by molar-refractivity contribution is -0.145. The first-order valence-corrected chi connectivity index (χ1v) is 16.4. The fourth-order valence-corrected chi connectivity index (χ4v) is 5.43. The van der Waals surface area contributed by atoms with Gasteiger partial charge in [-0.05, 0) is 43.9 Å². The topological polar surface area (TPSA) is 125 Å². The molecule has 238 valence electrons. The molecule has 0 saturated heterocycles. The summed E-state index contributed by atoms with van der Waals surface area (Å²) in [6, 6.07) is 11.5. The van der Waals surface area contributed by atoms with Crippen LogP contribution in [0, 0.1) is 0 Å². The zero-order valence-electron chi connectivity index (χ0n) is 25.5. The number of fused-ring (bicyclic) bond motifs is 2. The Bertz CT molecular complexity index is 1560. The first-order valence-electron chi connectivity index (χ1n) is 15.0. The molecule has 3 aromatic rings. The quantitative estimate of drug-likeness (QED) is 0.0478. The van der Waals surface area contributed by atoms with Crippen LogP contribution in [0.1, 0.15) is 65.2 Å². The van der Waals surface area contributed by atoms with E-state index in [-0.39, 0.29) is 18.1 Å². The molecule has 0 spiro atoms. The Morgan fingerprint density at radius 3 is 1.64 bits per heavy atom. The maximum absolute atomic E-state index is 12.1. The lowest BCUT2D eigenvalue weighted by Crippen LogP contribution is -2.25. The molecule has 0 aromatic heterocycles. The molecule has 44 heavy (non-hydrogen) atoms. The van der Waals surface area contributed by atoms with E-state index in [1.165, 1.54) is 12.1 Å². The summed E-state index contributed by atoms with van der Waals surface area (Å²) < 4.78 is 57.9. The molecule has 3 rings (SSSR count). The molecule has 0 amide bonds. The average Bonchev–Trinajstić information content (AvgIpc) is 3.01. The fourth-order valence-electron chi connectivity index (χ4n) is 4.92. The highest BCUT2D eigenvalue weighted by Crippen LogP contribution is 2.44. The van der Waals surface area contributed by atoms with Crippen molar-refractivity contribution in [1.82, 2.24) is 0 Å². The SMILES string of the molecule is C=CC(=O)OC(CCCCC)COc1c2ccccc2c(OCC(CCCCC)OC(=O)C=C)c2cc(S(=O)(=O)O)ccc12. The third-order valence-electron chi connectivity index (χ3n) is 7.18. The molecule has 2 unspecified atom stereocenters. The number of rotatable bonds is 19.